The topological polar surface area (TPSA) is 57.4 Å². The zero-order chi connectivity index (χ0) is 23.7. The third-order valence-corrected chi connectivity index (χ3v) is 7.84. The van der Waals surface area contributed by atoms with Crippen molar-refractivity contribution in [1.29, 1.82) is 0 Å². The fourth-order valence-corrected chi connectivity index (χ4v) is 6.00. The first kappa shape index (κ1) is 20.7. The van der Waals surface area contributed by atoms with Crippen LogP contribution in [0.5, 0.6) is 0 Å². The molecule has 0 fully saturated rings. The molecule has 0 saturated carbocycles. The Morgan fingerprint density at radius 2 is 1.40 bits per heavy atom. The van der Waals surface area contributed by atoms with E-state index < -0.39 is 0 Å². The monoisotopic (exact) mass is 458 g/mol. The molecule has 0 saturated heterocycles. The van der Waals surface area contributed by atoms with Gasteiger partial charge in [0.15, 0.2) is 0 Å². The lowest BCUT2D eigenvalue weighted by molar-refractivity contribution is 0.799. The third-order valence-electron chi connectivity index (χ3n) is 7.84. The SMILES string of the molecule is CCc1ncc(-c2cc3c4c(c2)CCc2cc(-c5ccc6nc(C(C)C)[nH]c6c5)cc(c2-4)CC3)[nH]1. The summed E-state index contributed by atoms with van der Waals surface area (Å²) >= 11 is 0. The number of aromatic nitrogens is 4. The van der Waals surface area contributed by atoms with Crippen LogP contribution in [0.3, 0.4) is 0 Å². The van der Waals surface area contributed by atoms with Gasteiger partial charge in [0.1, 0.15) is 11.6 Å². The largest absolute Gasteiger partial charge is 0.342 e. The van der Waals surface area contributed by atoms with Gasteiger partial charge in [0, 0.05) is 17.9 Å². The quantitative estimate of drug-likeness (QED) is 0.300. The summed E-state index contributed by atoms with van der Waals surface area (Å²) < 4.78 is 0. The van der Waals surface area contributed by atoms with Crippen molar-refractivity contribution in [2.75, 3.05) is 0 Å². The first-order chi connectivity index (χ1) is 17.1. The first-order valence-electron chi connectivity index (χ1n) is 12.9. The van der Waals surface area contributed by atoms with Gasteiger partial charge in [-0.25, -0.2) is 9.97 Å². The minimum absolute atomic E-state index is 0.399. The number of H-pyrrole nitrogens is 2. The summed E-state index contributed by atoms with van der Waals surface area (Å²) in [7, 11) is 0. The lowest BCUT2D eigenvalue weighted by atomic mass is 9.74. The highest BCUT2D eigenvalue weighted by Crippen LogP contribution is 2.45. The highest BCUT2D eigenvalue weighted by atomic mass is 14.9. The Bertz CT molecular complexity index is 1560. The molecule has 2 aliphatic carbocycles. The summed E-state index contributed by atoms with van der Waals surface area (Å²) in [5.74, 6) is 2.51. The Kier molecular flexibility index (Phi) is 4.54. The van der Waals surface area contributed by atoms with Gasteiger partial charge < -0.3 is 9.97 Å². The van der Waals surface area contributed by atoms with E-state index in [0.717, 1.165) is 60.5 Å². The van der Waals surface area contributed by atoms with E-state index in [0.29, 0.717) is 5.92 Å². The molecule has 4 nitrogen and oxygen atoms in total. The maximum atomic E-state index is 4.76. The summed E-state index contributed by atoms with van der Waals surface area (Å²) in [5.41, 5.74) is 16.2. The Morgan fingerprint density at radius 1 is 0.771 bits per heavy atom. The average molecular weight is 459 g/mol. The van der Waals surface area contributed by atoms with Crippen molar-refractivity contribution < 1.29 is 0 Å². The lowest BCUT2D eigenvalue weighted by Gasteiger charge is -2.30. The molecule has 2 aliphatic rings. The summed E-state index contributed by atoms with van der Waals surface area (Å²) in [6.45, 7) is 6.50. The molecule has 7 rings (SSSR count). The van der Waals surface area contributed by atoms with Gasteiger partial charge in [-0.3, -0.25) is 0 Å². The van der Waals surface area contributed by atoms with E-state index in [4.69, 9.17) is 4.98 Å². The number of benzene rings is 3. The predicted octanol–water partition coefficient (Wildman–Crippen LogP) is 7.17. The van der Waals surface area contributed by atoms with Gasteiger partial charge in [-0.2, -0.15) is 0 Å². The minimum atomic E-state index is 0.399. The summed E-state index contributed by atoms with van der Waals surface area (Å²) in [6, 6.07) is 16.3. The van der Waals surface area contributed by atoms with Crippen LogP contribution in [0.1, 0.15) is 60.6 Å². The molecular formula is C31H30N4. The molecule has 3 aromatic carbocycles. The van der Waals surface area contributed by atoms with E-state index in [2.05, 4.69) is 78.2 Å². The second kappa shape index (κ2) is 7.67. The second-order valence-corrected chi connectivity index (χ2v) is 10.4. The Hall–Kier alpha value is -3.66. The Labute approximate surface area is 205 Å². The van der Waals surface area contributed by atoms with Gasteiger partial charge in [-0.05, 0) is 94.5 Å². The number of fused-ring (bicyclic) bond motifs is 1. The molecule has 5 aromatic rings. The zero-order valence-corrected chi connectivity index (χ0v) is 20.6. The van der Waals surface area contributed by atoms with Gasteiger partial charge in [0.2, 0.25) is 0 Å². The molecule has 0 unspecified atom stereocenters. The Balaban J connectivity index is 1.32. The molecule has 2 heterocycles. The van der Waals surface area contributed by atoms with Crippen LogP contribution in [0.15, 0.2) is 48.7 Å². The number of hydrogen-bond donors (Lipinski definition) is 2. The smallest absolute Gasteiger partial charge is 0.109 e. The normalized spacial score (nSPS) is 14.1. The van der Waals surface area contributed by atoms with E-state index in [9.17, 15) is 0 Å². The van der Waals surface area contributed by atoms with Crippen molar-refractivity contribution in [3.8, 4) is 33.5 Å². The maximum Gasteiger partial charge on any atom is 0.109 e. The maximum absolute atomic E-state index is 4.76. The van der Waals surface area contributed by atoms with Crippen LogP contribution in [0.4, 0.5) is 0 Å². The number of nitrogens with one attached hydrogen (secondary N) is 2. The van der Waals surface area contributed by atoms with Crippen LogP contribution in [0, 0.1) is 0 Å². The molecule has 0 aliphatic heterocycles. The molecule has 174 valence electrons. The van der Waals surface area contributed by atoms with Crippen LogP contribution < -0.4 is 0 Å². The van der Waals surface area contributed by atoms with Gasteiger partial charge in [-0.15, -0.1) is 0 Å². The summed E-state index contributed by atoms with van der Waals surface area (Å²) in [6.07, 6.45) is 7.31. The Morgan fingerprint density at radius 3 is 1.97 bits per heavy atom. The molecule has 0 atom stereocenters. The van der Waals surface area contributed by atoms with Crippen molar-refractivity contribution >= 4 is 11.0 Å². The number of aromatic amines is 2. The zero-order valence-electron chi connectivity index (χ0n) is 20.6. The number of aryl methyl sites for hydroxylation is 5. The van der Waals surface area contributed by atoms with E-state index in [1.807, 2.05) is 6.20 Å². The first-order valence-corrected chi connectivity index (χ1v) is 12.9. The van der Waals surface area contributed by atoms with Gasteiger partial charge >= 0.3 is 0 Å². The molecule has 0 radical (unpaired) electrons. The van der Waals surface area contributed by atoms with Crippen LogP contribution in [-0.4, -0.2) is 19.9 Å². The van der Waals surface area contributed by atoms with E-state index in [1.54, 1.807) is 0 Å². The summed E-state index contributed by atoms with van der Waals surface area (Å²) in [4.78, 5) is 16.3. The summed E-state index contributed by atoms with van der Waals surface area (Å²) in [5, 5.41) is 0. The van der Waals surface area contributed by atoms with Crippen molar-refractivity contribution in [3.63, 3.8) is 0 Å². The molecule has 0 spiro atoms. The number of nitrogens with zero attached hydrogens (tertiary/aromatic N) is 2. The van der Waals surface area contributed by atoms with E-state index in [-0.39, 0.29) is 0 Å². The van der Waals surface area contributed by atoms with Crippen molar-refractivity contribution in [2.45, 2.75) is 58.8 Å². The molecular weight excluding hydrogens is 428 g/mol. The van der Waals surface area contributed by atoms with Gasteiger partial charge in [0.25, 0.3) is 0 Å². The fourth-order valence-electron chi connectivity index (χ4n) is 6.00. The molecule has 35 heavy (non-hydrogen) atoms. The molecule has 0 amide bonds. The van der Waals surface area contributed by atoms with E-state index in [1.165, 1.54) is 50.1 Å². The van der Waals surface area contributed by atoms with Crippen LogP contribution in [-0.2, 0) is 32.1 Å². The molecule has 2 aromatic heterocycles. The van der Waals surface area contributed by atoms with Gasteiger partial charge in [0.05, 0.1) is 22.9 Å². The number of hydrogen-bond acceptors (Lipinski definition) is 2. The highest BCUT2D eigenvalue weighted by Gasteiger charge is 2.27. The van der Waals surface area contributed by atoms with Crippen molar-refractivity contribution in [2.24, 2.45) is 0 Å². The second-order valence-electron chi connectivity index (χ2n) is 10.4. The minimum Gasteiger partial charge on any atom is -0.342 e. The van der Waals surface area contributed by atoms with Crippen LogP contribution >= 0.6 is 0 Å². The van der Waals surface area contributed by atoms with E-state index >= 15 is 0 Å². The number of rotatable bonds is 4. The van der Waals surface area contributed by atoms with Crippen LogP contribution in [0.25, 0.3) is 44.5 Å². The van der Waals surface area contributed by atoms with Crippen LogP contribution in [0.2, 0.25) is 0 Å². The van der Waals surface area contributed by atoms with Crippen molar-refractivity contribution in [3.05, 3.63) is 82.6 Å². The lowest BCUT2D eigenvalue weighted by Crippen LogP contribution is -2.14. The standard InChI is InChI=1S/C31H30N4/c1-4-28-32-16-27(33-28)24-13-21-7-5-19-11-23(12-20-6-8-22(14-24)30(21)29(19)20)18-9-10-25-26(15-18)35-31(34-25)17(2)3/h9-17H,4-8H2,1-3H3,(H,32,33)(H,34,35). The average Bonchev–Trinajstić information content (AvgIpc) is 3.54. The van der Waals surface area contributed by atoms with Gasteiger partial charge in [-0.1, -0.05) is 39.0 Å². The predicted molar refractivity (Wildman–Crippen MR) is 143 cm³/mol. The highest BCUT2D eigenvalue weighted by molar-refractivity contribution is 5.87. The third kappa shape index (κ3) is 3.27. The molecule has 0 bridgehead atoms. The molecule has 4 heteroatoms. The molecule has 2 N–H and O–H groups in total. The number of imidazole rings is 2. The van der Waals surface area contributed by atoms with Crippen molar-refractivity contribution in [1.82, 2.24) is 19.9 Å². The fraction of sp³-hybridized carbons (Fsp3) is 0.290.